The predicted octanol–water partition coefficient (Wildman–Crippen LogP) is 2.67. The molecule has 2 N–H and O–H groups in total. The summed E-state index contributed by atoms with van der Waals surface area (Å²) < 4.78 is 25.4. The van der Waals surface area contributed by atoms with Crippen molar-refractivity contribution in [3.63, 3.8) is 0 Å². The number of aryl methyl sites for hydroxylation is 1. The van der Waals surface area contributed by atoms with Crippen LogP contribution in [0.3, 0.4) is 0 Å². The highest BCUT2D eigenvalue weighted by Gasteiger charge is 2.43. The summed E-state index contributed by atoms with van der Waals surface area (Å²) in [7, 11) is -3.32. The van der Waals surface area contributed by atoms with Gasteiger partial charge in [0.1, 0.15) is 0 Å². The summed E-state index contributed by atoms with van der Waals surface area (Å²) in [4.78, 5) is 0.399. The third-order valence-corrected chi connectivity index (χ3v) is 6.62. The smallest absolute Gasteiger partial charge is 0.182 e. The molecule has 0 aromatic heterocycles. The number of nitrogens with two attached hydrogens (primary N) is 1. The van der Waals surface area contributed by atoms with Crippen LogP contribution >= 0.6 is 0 Å². The SMILES string of the molecule is Cc1ccc(S(=O)(=O)C2CCCC(C)(C)C2N)cc1. The van der Waals surface area contributed by atoms with E-state index in [0.717, 1.165) is 18.4 Å². The molecule has 0 amide bonds. The van der Waals surface area contributed by atoms with E-state index in [1.165, 1.54) is 0 Å². The van der Waals surface area contributed by atoms with Crippen LogP contribution in [0.25, 0.3) is 0 Å². The van der Waals surface area contributed by atoms with E-state index in [4.69, 9.17) is 5.73 Å². The van der Waals surface area contributed by atoms with E-state index < -0.39 is 15.1 Å². The molecule has 1 fully saturated rings. The highest BCUT2D eigenvalue weighted by molar-refractivity contribution is 7.92. The van der Waals surface area contributed by atoms with Crippen LogP contribution in [0.1, 0.15) is 38.7 Å². The molecular weight excluding hydrogens is 258 g/mol. The van der Waals surface area contributed by atoms with Gasteiger partial charge in [0.2, 0.25) is 0 Å². The Kier molecular flexibility index (Phi) is 3.76. The maximum Gasteiger partial charge on any atom is 0.182 e. The minimum atomic E-state index is -3.32. The Labute approximate surface area is 116 Å². The number of sulfone groups is 1. The standard InChI is InChI=1S/C15H23NO2S/c1-11-6-8-12(9-7-11)19(17,18)13-5-4-10-15(2,3)14(13)16/h6-9,13-14H,4-5,10,16H2,1-3H3. The van der Waals surface area contributed by atoms with Crippen LogP contribution in [0.5, 0.6) is 0 Å². The zero-order valence-electron chi connectivity index (χ0n) is 11.9. The minimum absolute atomic E-state index is 0.110. The zero-order valence-corrected chi connectivity index (χ0v) is 12.7. The largest absolute Gasteiger partial charge is 0.326 e. The van der Waals surface area contributed by atoms with Gasteiger partial charge in [-0.2, -0.15) is 0 Å². The Hall–Kier alpha value is -0.870. The van der Waals surface area contributed by atoms with Crippen LogP contribution < -0.4 is 5.73 Å². The van der Waals surface area contributed by atoms with E-state index >= 15 is 0 Å². The highest BCUT2D eigenvalue weighted by Crippen LogP contribution is 2.38. The van der Waals surface area contributed by atoms with Crippen LogP contribution in [0.2, 0.25) is 0 Å². The summed E-state index contributed by atoms with van der Waals surface area (Å²) in [6, 6.07) is 6.77. The van der Waals surface area contributed by atoms with Gasteiger partial charge >= 0.3 is 0 Å². The second kappa shape index (κ2) is 4.91. The lowest BCUT2D eigenvalue weighted by atomic mass is 9.73. The topological polar surface area (TPSA) is 60.2 Å². The van der Waals surface area contributed by atoms with Gasteiger partial charge in [-0.05, 0) is 37.3 Å². The fraction of sp³-hybridized carbons (Fsp3) is 0.600. The molecule has 1 saturated carbocycles. The van der Waals surface area contributed by atoms with Crippen LogP contribution in [0.4, 0.5) is 0 Å². The zero-order chi connectivity index (χ0) is 14.3. The van der Waals surface area contributed by atoms with Gasteiger partial charge in [0.25, 0.3) is 0 Å². The fourth-order valence-electron chi connectivity index (χ4n) is 2.86. The number of benzene rings is 1. The lowest BCUT2D eigenvalue weighted by molar-refractivity contribution is 0.204. The Bertz CT molecular complexity index is 546. The quantitative estimate of drug-likeness (QED) is 0.906. The van der Waals surface area contributed by atoms with Gasteiger partial charge in [-0.25, -0.2) is 8.42 Å². The average Bonchev–Trinajstić information content (AvgIpc) is 2.33. The summed E-state index contributed by atoms with van der Waals surface area (Å²) in [5.41, 5.74) is 7.18. The summed E-state index contributed by atoms with van der Waals surface area (Å²) in [5.74, 6) is 0. The van der Waals surface area contributed by atoms with Crippen molar-refractivity contribution in [3.05, 3.63) is 29.8 Å². The Morgan fingerprint density at radius 2 is 1.79 bits per heavy atom. The molecule has 2 atom stereocenters. The van der Waals surface area contributed by atoms with Gasteiger partial charge in [-0.1, -0.05) is 38.0 Å². The number of rotatable bonds is 2. The third kappa shape index (κ3) is 2.70. The summed E-state index contributed by atoms with van der Waals surface area (Å²) in [6.45, 7) is 6.08. The van der Waals surface area contributed by atoms with Crippen molar-refractivity contribution in [3.8, 4) is 0 Å². The summed E-state index contributed by atoms with van der Waals surface area (Å²) in [5, 5.41) is -0.459. The van der Waals surface area contributed by atoms with Gasteiger partial charge in [-0.3, -0.25) is 0 Å². The normalized spacial score (nSPS) is 27.2. The molecule has 3 nitrogen and oxygen atoms in total. The van der Waals surface area contributed by atoms with Crippen LogP contribution in [-0.2, 0) is 9.84 Å². The van der Waals surface area contributed by atoms with Crippen molar-refractivity contribution in [2.75, 3.05) is 0 Å². The lowest BCUT2D eigenvalue weighted by Crippen LogP contribution is -2.52. The van der Waals surface area contributed by atoms with E-state index in [0.29, 0.717) is 11.3 Å². The molecule has 1 aliphatic rings. The number of hydrogen-bond acceptors (Lipinski definition) is 3. The minimum Gasteiger partial charge on any atom is -0.326 e. The number of hydrogen-bond donors (Lipinski definition) is 1. The molecular formula is C15H23NO2S. The van der Waals surface area contributed by atoms with Crippen molar-refractivity contribution in [2.24, 2.45) is 11.1 Å². The lowest BCUT2D eigenvalue weighted by Gasteiger charge is -2.41. The Morgan fingerprint density at radius 1 is 1.21 bits per heavy atom. The van der Waals surface area contributed by atoms with Crippen LogP contribution in [0, 0.1) is 12.3 Å². The molecule has 1 aromatic rings. The molecule has 1 aliphatic carbocycles. The molecule has 2 rings (SSSR count). The third-order valence-electron chi connectivity index (χ3n) is 4.36. The first-order valence-corrected chi connectivity index (χ1v) is 8.36. The molecule has 0 saturated heterocycles. The van der Waals surface area contributed by atoms with E-state index in [1.807, 2.05) is 19.1 Å². The highest BCUT2D eigenvalue weighted by atomic mass is 32.2. The van der Waals surface area contributed by atoms with E-state index in [9.17, 15) is 8.42 Å². The van der Waals surface area contributed by atoms with Gasteiger partial charge in [0.05, 0.1) is 10.1 Å². The van der Waals surface area contributed by atoms with Crippen molar-refractivity contribution < 1.29 is 8.42 Å². The molecule has 0 spiro atoms. The second-order valence-electron chi connectivity index (χ2n) is 6.30. The Balaban J connectivity index is 2.36. The molecule has 2 unspecified atom stereocenters. The van der Waals surface area contributed by atoms with Gasteiger partial charge in [0.15, 0.2) is 9.84 Å². The Morgan fingerprint density at radius 3 is 2.37 bits per heavy atom. The first-order valence-electron chi connectivity index (χ1n) is 6.81. The van der Waals surface area contributed by atoms with Gasteiger partial charge in [0, 0.05) is 6.04 Å². The van der Waals surface area contributed by atoms with Crippen molar-refractivity contribution in [1.29, 1.82) is 0 Å². The maximum atomic E-state index is 12.7. The van der Waals surface area contributed by atoms with E-state index in [2.05, 4.69) is 13.8 Å². The van der Waals surface area contributed by atoms with E-state index in [1.54, 1.807) is 12.1 Å². The molecule has 19 heavy (non-hydrogen) atoms. The van der Waals surface area contributed by atoms with E-state index in [-0.39, 0.29) is 11.5 Å². The molecule has 0 aliphatic heterocycles. The van der Waals surface area contributed by atoms with Gasteiger partial charge < -0.3 is 5.73 Å². The summed E-state index contributed by atoms with van der Waals surface area (Å²) >= 11 is 0. The van der Waals surface area contributed by atoms with Crippen molar-refractivity contribution >= 4 is 9.84 Å². The first-order chi connectivity index (χ1) is 8.75. The van der Waals surface area contributed by atoms with Crippen LogP contribution in [-0.4, -0.2) is 19.7 Å². The second-order valence-corrected chi connectivity index (χ2v) is 8.47. The molecule has 1 aromatic carbocycles. The molecule has 0 bridgehead atoms. The predicted molar refractivity (Wildman–Crippen MR) is 77.8 cm³/mol. The molecule has 106 valence electrons. The monoisotopic (exact) mass is 281 g/mol. The average molecular weight is 281 g/mol. The molecule has 4 heteroatoms. The fourth-order valence-corrected chi connectivity index (χ4v) is 4.96. The van der Waals surface area contributed by atoms with Crippen molar-refractivity contribution in [2.45, 2.75) is 56.2 Å². The molecule has 0 heterocycles. The maximum absolute atomic E-state index is 12.7. The van der Waals surface area contributed by atoms with Gasteiger partial charge in [-0.15, -0.1) is 0 Å². The summed E-state index contributed by atoms with van der Waals surface area (Å²) in [6.07, 6.45) is 2.59. The van der Waals surface area contributed by atoms with Crippen LogP contribution in [0.15, 0.2) is 29.2 Å². The first kappa shape index (κ1) is 14.5. The molecule has 0 radical (unpaired) electrons. The van der Waals surface area contributed by atoms with Crippen molar-refractivity contribution in [1.82, 2.24) is 0 Å².